The SMILES string of the molecule is CC(=O)NC(CC(=O)NC(c1nc2ccccc2[nH]1)C(C)C)c1ccc(C)cc1. The highest BCUT2D eigenvalue weighted by Crippen LogP contribution is 2.24. The van der Waals surface area contributed by atoms with Gasteiger partial charge in [-0.05, 0) is 30.5 Å². The highest BCUT2D eigenvalue weighted by molar-refractivity contribution is 5.80. The van der Waals surface area contributed by atoms with E-state index in [1.807, 2.05) is 69.3 Å². The summed E-state index contributed by atoms with van der Waals surface area (Å²) in [4.78, 5) is 32.5. The second kappa shape index (κ2) is 8.90. The fourth-order valence-corrected chi connectivity index (χ4v) is 3.38. The van der Waals surface area contributed by atoms with Crippen LogP contribution in [0.25, 0.3) is 11.0 Å². The molecule has 3 aromatic rings. The van der Waals surface area contributed by atoms with Gasteiger partial charge in [0.25, 0.3) is 0 Å². The van der Waals surface area contributed by atoms with Crippen molar-refractivity contribution in [1.82, 2.24) is 20.6 Å². The van der Waals surface area contributed by atoms with E-state index in [0.29, 0.717) is 0 Å². The second-order valence-corrected chi connectivity index (χ2v) is 7.80. The number of aromatic nitrogens is 2. The van der Waals surface area contributed by atoms with Crippen molar-refractivity contribution in [2.45, 2.75) is 46.2 Å². The van der Waals surface area contributed by atoms with Gasteiger partial charge in [0.1, 0.15) is 5.82 Å². The van der Waals surface area contributed by atoms with Crippen LogP contribution in [0.3, 0.4) is 0 Å². The Bertz CT molecular complexity index is 959. The largest absolute Gasteiger partial charge is 0.349 e. The van der Waals surface area contributed by atoms with E-state index in [1.165, 1.54) is 6.92 Å². The van der Waals surface area contributed by atoms with Gasteiger partial charge < -0.3 is 15.6 Å². The van der Waals surface area contributed by atoms with E-state index in [1.54, 1.807) is 0 Å². The predicted molar refractivity (Wildman–Crippen MR) is 114 cm³/mol. The number of imidazole rings is 1. The van der Waals surface area contributed by atoms with Crippen LogP contribution in [0.1, 0.15) is 56.2 Å². The normalized spacial score (nSPS) is 13.3. The number of nitrogens with zero attached hydrogens (tertiary/aromatic N) is 1. The summed E-state index contributed by atoms with van der Waals surface area (Å²) in [6, 6.07) is 15.0. The number of benzene rings is 2. The van der Waals surface area contributed by atoms with Crippen LogP contribution >= 0.6 is 0 Å². The van der Waals surface area contributed by atoms with Crippen LogP contribution < -0.4 is 10.6 Å². The molecule has 0 fully saturated rings. The zero-order valence-electron chi connectivity index (χ0n) is 17.3. The number of fused-ring (bicyclic) bond motifs is 1. The molecule has 2 aromatic carbocycles. The summed E-state index contributed by atoms with van der Waals surface area (Å²) < 4.78 is 0. The molecule has 0 saturated heterocycles. The summed E-state index contributed by atoms with van der Waals surface area (Å²) in [5.74, 6) is 0.587. The van der Waals surface area contributed by atoms with Gasteiger partial charge in [0.2, 0.25) is 11.8 Å². The van der Waals surface area contributed by atoms with Crippen LogP contribution in [0.4, 0.5) is 0 Å². The van der Waals surface area contributed by atoms with Crippen molar-refractivity contribution < 1.29 is 9.59 Å². The van der Waals surface area contributed by atoms with E-state index >= 15 is 0 Å². The lowest BCUT2D eigenvalue weighted by molar-refractivity contribution is -0.123. The Morgan fingerprint density at radius 1 is 1.03 bits per heavy atom. The molecule has 3 N–H and O–H groups in total. The standard InChI is InChI=1S/C23H28N4O2/c1-14(2)22(23-25-18-7-5-6-8-19(18)26-23)27-21(29)13-20(24-16(4)28)17-11-9-15(3)10-12-17/h5-12,14,20,22H,13H2,1-4H3,(H,24,28)(H,25,26)(H,27,29). The third kappa shape index (κ3) is 5.22. The summed E-state index contributed by atoms with van der Waals surface area (Å²) in [6.07, 6.45) is 0.159. The first-order valence-electron chi connectivity index (χ1n) is 9.91. The van der Waals surface area contributed by atoms with Crippen molar-refractivity contribution in [2.75, 3.05) is 0 Å². The quantitative estimate of drug-likeness (QED) is 0.569. The maximum absolute atomic E-state index is 12.9. The maximum Gasteiger partial charge on any atom is 0.223 e. The van der Waals surface area contributed by atoms with E-state index in [-0.39, 0.29) is 36.2 Å². The molecule has 29 heavy (non-hydrogen) atoms. The zero-order valence-corrected chi connectivity index (χ0v) is 17.3. The minimum Gasteiger partial charge on any atom is -0.349 e. The third-order valence-corrected chi connectivity index (χ3v) is 4.93. The number of para-hydroxylation sites is 2. The molecule has 0 spiro atoms. The lowest BCUT2D eigenvalue weighted by Crippen LogP contribution is -2.36. The molecule has 0 saturated carbocycles. The van der Waals surface area contributed by atoms with Crippen LogP contribution in [0.2, 0.25) is 0 Å². The molecule has 0 aliphatic heterocycles. The van der Waals surface area contributed by atoms with Gasteiger partial charge in [-0.2, -0.15) is 0 Å². The van der Waals surface area contributed by atoms with Crippen molar-refractivity contribution in [2.24, 2.45) is 5.92 Å². The van der Waals surface area contributed by atoms with Crippen LogP contribution in [0.15, 0.2) is 48.5 Å². The second-order valence-electron chi connectivity index (χ2n) is 7.80. The molecule has 3 rings (SSSR count). The van der Waals surface area contributed by atoms with Crippen molar-refractivity contribution in [3.63, 3.8) is 0 Å². The Kier molecular flexibility index (Phi) is 6.32. The predicted octanol–water partition coefficient (Wildman–Crippen LogP) is 3.95. The Balaban J connectivity index is 1.77. The van der Waals surface area contributed by atoms with E-state index in [2.05, 4.69) is 20.6 Å². The molecular formula is C23H28N4O2. The topological polar surface area (TPSA) is 86.9 Å². The third-order valence-electron chi connectivity index (χ3n) is 4.93. The number of carbonyl (C=O) groups excluding carboxylic acids is 2. The van der Waals surface area contributed by atoms with Crippen LogP contribution in [0, 0.1) is 12.8 Å². The number of rotatable bonds is 7. The fourth-order valence-electron chi connectivity index (χ4n) is 3.38. The number of aromatic amines is 1. The van der Waals surface area contributed by atoms with E-state index in [0.717, 1.165) is 28.0 Å². The summed E-state index contributed by atoms with van der Waals surface area (Å²) in [5.41, 5.74) is 3.85. The molecule has 0 aliphatic rings. The van der Waals surface area contributed by atoms with E-state index in [4.69, 9.17) is 0 Å². The Morgan fingerprint density at radius 3 is 2.34 bits per heavy atom. The molecule has 2 atom stereocenters. The first-order valence-corrected chi connectivity index (χ1v) is 9.91. The lowest BCUT2D eigenvalue weighted by atomic mass is 10.00. The average Bonchev–Trinajstić information content (AvgIpc) is 3.09. The van der Waals surface area contributed by atoms with Crippen LogP contribution in [-0.4, -0.2) is 21.8 Å². The number of aryl methyl sites for hydroxylation is 1. The molecule has 1 aromatic heterocycles. The molecule has 0 radical (unpaired) electrons. The van der Waals surface area contributed by atoms with Gasteiger partial charge in [0, 0.05) is 6.92 Å². The van der Waals surface area contributed by atoms with Crippen molar-refractivity contribution in [3.8, 4) is 0 Å². The number of hydrogen-bond acceptors (Lipinski definition) is 3. The zero-order chi connectivity index (χ0) is 21.0. The van der Waals surface area contributed by atoms with Gasteiger partial charge in [-0.3, -0.25) is 9.59 Å². The van der Waals surface area contributed by atoms with Crippen molar-refractivity contribution >= 4 is 22.8 Å². The van der Waals surface area contributed by atoms with E-state index in [9.17, 15) is 9.59 Å². The maximum atomic E-state index is 12.9. The van der Waals surface area contributed by atoms with E-state index < -0.39 is 0 Å². The van der Waals surface area contributed by atoms with Crippen LogP contribution in [0.5, 0.6) is 0 Å². The fraction of sp³-hybridized carbons (Fsp3) is 0.348. The monoisotopic (exact) mass is 392 g/mol. The van der Waals surface area contributed by atoms with Gasteiger partial charge in [-0.25, -0.2) is 4.98 Å². The summed E-state index contributed by atoms with van der Waals surface area (Å²) in [6.45, 7) is 7.56. The van der Waals surface area contributed by atoms with Gasteiger partial charge in [0.15, 0.2) is 0 Å². The smallest absolute Gasteiger partial charge is 0.223 e. The molecule has 2 amide bonds. The average molecular weight is 393 g/mol. The summed E-state index contributed by atoms with van der Waals surface area (Å²) in [5, 5.41) is 5.98. The Labute approximate surface area is 171 Å². The minimum absolute atomic E-state index is 0.136. The molecule has 6 heteroatoms. The van der Waals surface area contributed by atoms with Crippen molar-refractivity contribution in [1.29, 1.82) is 0 Å². The number of H-pyrrole nitrogens is 1. The lowest BCUT2D eigenvalue weighted by Gasteiger charge is -2.23. The number of nitrogens with one attached hydrogen (secondary N) is 3. The van der Waals surface area contributed by atoms with Gasteiger partial charge in [-0.1, -0.05) is 55.8 Å². The van der Waals surface area contributed by atoms with Gasteiger partial charge in [-0.15, -0.1) is 0 Å². The van der Waals surface area contributed by atoms with Gasteiger partial charge >= 0.3 is 0 Å². The number of hydrogen-bond donors (Lipinski definition) is 3. The number of carbonyl (C=O) groups is 2. The summed E-state index contributed by atoms with van der Waals surface area (Å²) in [7, 11) is 0. The molecule has 0 bridgehead atoms. The highest BCUT2D eigenvalue weighted by atomic mass is 16.2. The molecule has 6 nitrogen and oxygen atoms in total. The van der Waals surface area contributed by atoms with Crippen molar-refractivity contribution in [3.05, 3.63) is 65.5 Å². The molecule has 0 aliphatic carbocycles. The first-order chi connectivity index (χ1) is 13.8. The van der Waals surface area contributed by atoms with Gasteiger partial charge in [0.05, 0.1) is 29.5 Å². The molecule has 2 unspecified atom stereocenters. The van der Waals surface area contributed by atoms with Crippen LogP contribution in [-0.2, 0) is 9.59 Å². The summed E-state index contributed by atoms with van der Waals surface area (Å²) >= 11 is 0. The number of amides is 2. The first kappa shape index (κ1) is 20.6. The molecule has 1 heterocycles. The minimum atomic E-state index is -0.378. The highest BCUT2D eigenvalue weighted by Gasteiger charge is 2.24. The Morgan fingerprint density at radius 2 is 1.72 bits per heavy atom. The molecular weight excluding hydrogens is 364 g/mol. The molecule has 152 valence electrons. The Hall–Kier alpha value is -3.15.